The number of rotatable bonds is 4. The Labute approximate surface area is 161 Å². The molecule has 3 aromatic rings. The maximum Gasteiger partial charge on any atom is 0.254 e. The summed E-state index contributed by atoms with van der Waals surface area (Å²) in [6, 6.07) is 10.4. The molecule has 1 heterocycles. The van der Waals surface area contributed by atoms with Crippen LogP contribution in [-0.2, 0) is 17.3 Å². The third-order valence-electron chi connectivity index (χ3n) is 5.81. The zero-order valence-electron chi connectivity index (χ0n) is 15.8. The Morgan fingerprint density at radius 1 is 1.39 bits per heavy atom. The summed E-state index contributed by atoms with van der Waals surface area (Å²) in [5.74, 6) is -0.208. The molecule has 1 saturated carbocycles. The number of hydroxylamine groups is 1. The second-order valence-corrected chi connectivity index (χ2v) is 7.41. The fourth-order valence-electron chi connectivity index (χ4n) is 4.30. The first-order chi connectivity index (χ1) is 13.4. The van der Waals surface area contributed by atoms with Crippen molar-refractivity contribution >= 4 is 16.8 Å². The van der Waals surface area contributed by atoms with Gasteiger partial charge in [0, 0.05) is 24.9 Å². The third kappa shape index (κ3) is 2.92. The lowest BCUT2D eigenvalue weighted by Crippen LogP contribution is -2.42. The topological polar surface area (TPSA) is 76.4 Å². The van der Waals surface area contributed by atoms with Crippen molar-refractivity contribution < 1.29 is 19.1 Å². The van der Waals surface area contributed by atoms with E-state index in [4.69, 9.17) is 4.74 Å². The standard InChI is InChI=1S/C21H22FN3O3/c1-13-17(4-3-5-18(13)22)21(20(26)24-27)9-8-16(11-21)28-15-7-6-14-12-23-25(2)19(14)10-15/h3-7,10,12,16,27H,8-9,11H2,1-2H3,(H,24,26)/t16-,21-/m0/s1. The molecule has 1 aromatic heterocycles. The molecular formula is C21H22FN3O3. The number of nitrogens with zero attached hydrogens (tertiary/aromatic N) is 2. The lowest BCUT2D eigenvalue weighted by Gasteiger charge is -2.29. The van der Waals surface area contributed by atoms with E-state index in [1.54, 1.807) is 35.4 Å². The Morgan fingerprint density at radius 3 is 3.00 bits per heavy atom. The molecule has 1 aliphatic carbocycles. The molecule has 4 rings (SSSR count). The molecule has 1 fully saturated rings. The van der Waals surface area contributed by atoms with E-state index in [0.29, 0.717) is 36.1 Å². The summed E-state index contributed by atoms with van der Waals surface area (Å²) in [5, 5.41) is 14.6. The SMILES string of the molecule is Cc1c(F)cccc1[C@]1(C(=O)NO)CC[C@H](Oc2ccc3cnn(C)c3c2)C1. The molecule has 7 heteroatoms. The number of fused-ring (bicyclic) bond motifs is 1. The van der Waals surface area contributed by atoms with Crippen molar-refractivity contribution in [3.05, 3.63) is 59.5 Å². The minimum atomic E-state index is -1.03. The van der Waals surface area contributed by atoms with Crippen molar-refractivity contribution in [2.45, 2.75) is 37.7 Å². The van der Waals surface area contributed by atoms with Crippen molar-refractivity contribution in [3.8, 4) is 5.75 Å². The molecule has 28 heavy (non-hydrogen) atoms. The van der Waals surface area contributed by atoms with E-state index in [2.05, 4.69) is 5.10 Å². The van der Waals surface area contributed by atoms with Crippen LogP contribution in [0.15, 0.2) is 42.6 Å². The van der Waals surface area contributed by atoms with E-state index >= 15 is 0 Å². The monoisotopic (exact) mass is 383 g/mol. The highest BCUT2D eigenvalue weighted by Gasteiger charge is 2.48. The van der Waals surface area contributed by atoms with Gasteiger partial charge in [0.15, 0.2) is 0 Å². The van der Waals surface area contributed by atoms with Gasteiger partial charge in [0.2, 0.25) is 0 Å². The maximum absolute atomic E-state index is 14.1. The van der Waals surface area contributed by atoms with Crippen molar-refractivity contribution in [1.82, 2.24) is 15.3 Å². The Morgan fingerprint density at radius 2 is 2.21 bits per heavy atom. The quantitative estimate of drug-likeness (QED) is 0.535. The van der Waals surface area contributed by atoms with Crippen LogP contribution < -0.4 is 10.2 Å². The van der Waals surface area contributed by atoms with Crippen molar-refractivity contribution in [3.63, 3.8) is 0 Å². The summed E-state index contributed by atoms with van der Waals surface area (Å²) in [7, 11) is 1.87. The molecule has 0 aliphatic heterocycles. The first kappa shape index (κ1) is 18.4. The molecule has 0 bridgehead atoms. The first-order valence-corrected chi connectivity index (χ1v) is 9.23. The lowest BCUT2D eigenvalue weighted by molar-refractivity contribution is -0.135. The van der Waals surface area contributed by atoms with Gasteiger partial charge in [-0.25, -0.2) is 9.87 Å². The highest BCUT2D eigenvalue weighted by Crippen LogP contribution is 2.44. The molecule has 1 amide bonds. The number of aromatic nitrogens is 2. The van der Waals surface area contributed by atoms with Gasteiger partial charge >= 0.3 is 0 Å². The number of carbonyl (C=O) groups is 1. The molecular weight excluding hydrogens is 361 g/mol. The van der Waals surface area contributed by atoms with E-state index in [-0.39, 0.29) is 11.9 Å². The van der Waals surface area contributed by atoms with Crippen LogP contribution in [0.25, 0.3) is 10.9 Å². The van der Waals surface area contributed by atoms with Crippen LogP contribution in [0.5, 0.6) is 5.75 Å². The first-order valence-electron chi connectivity index (χ1n) is 9.23. The van der Waals surface area contributed by atoms with Gasteiger partial charge in [0.1, 0.15) is 17.7 Å². The molecule has 1 aliphatic rings. The van der Waals surface area contributed by atoms with Gasteiger partial charge in [-0.3, -0.25) is 14.7 Å². The molecule has 0 saturated heterocycles. The molecule has 0 spiro atoms. The predicted molar refractivity (Wildman–Crippen MR) is 102 cm³/mol. The fraction of sp³-hybridized carbons (Fsp3) is 0.333. The van der Waals surface area contributed by atoms with Gasteiger partial charge in [0.05, 0.1) is 17.1 Å². The van der Waals surface area contributed by atoms with E-state index in [9.17, 15) is 14.4 Å². The summed E-state index contributed by atoms with van der Waals surface area (Å²) in [6.07, 6.45) is 2.99. The Bertz CT molecular complexity index is 1050. The summed E-state index contributed by atoms with van der Waals surface area (Å²) in [4.78, 5) is 12.6. The van der Waals surface area contributed by atoms with Crippen LogP contribution in [0.4, 0.5) is 4.39 Å². The lowest BCUT2D eigenvalue weighted by atomic mass is 9.76. The minimum Gasteiger partial charge on any atom is -0.490 e. The zero-order valence-corrected chi connectivity index (χ0v) is 15.8. The number of nitrogens with one attached hydrogen (secondary N) is 1. The number of ether oxygens (including phenoxy) is 1. The normalized spacial score (nSPS) is 21.8. The molecule has 0 unspecified atom stereocenters. The average molecular weight is 383 g/mol. The van der Waals surface area contributed by atoms with Crippen molar-refractivity contribution in [2.24, 2.45) is 7.05 Å². The highest BCUT2D eigenvalue weighted by molar-refractivity contribution is 5.88. The number of amides is 1. The molecule has 146 valence electrons. The van der Waals surface area contributed by atoms with Crippen molar-refractivity contribution in [1.29, 1.82) is 0 Å². The van der Waals surface area contributed by atoms with Gasteiger partial charge in [-0.05, 0) is 49.1 Å². The number of carbonyl (C=O) groups excluding carboxylic acids is 1. The van der Waals surface area contributed by atoms with E-state index < -0.39 is 11.3 Å². The average Bonchev–Trinajstić information content (AvgIpc) is 3.28. The van der Waals surface area contributed by atoms with Gasteiger partial charge in [-0.1, -0.05) is 12.1 Å². The van der Waals surface area contributed by atoms with Crippen LogP contribution >= 0.6 is 0 Å². The van der Waals surface area contributed by atoms with Crippen LogP contribution in [0.3, 0.4) is 0 Å². The van der Waals surface area contributed by atoms with Gasteiger partial charge < -0.3 is 4.74 Å². The minimum absolute atomic E-state index is 0.231. The smallest absolute Gasteiger partial charge is 0.254 e. The number of hydrogen-bond acceptors (Lipinski definition) is 4. The third-order valence-corrected chi connectivity index (χ3v) is 5.81. The van der Waals surface area contributed by atoms with Crippen LogP contribution in [0.1, 0.15) is 30.4 Å². The molecule has 6 nitrogen and oxygen atoms in total. The second kappa shape index (κ2) is 6.91. The summed E-state index contributed by atoms with van der Waals surface area (Å²) in [6.45, 7) is 1.65. The summed E-state index contributed by atoms with van der Waals surface area (Å²) in [5.41, 5.74) is 2.72. The number of aryl methyl sites for hydroxylation is 1. The van der Waals surface area contributed by atoms with Gasteiger partial charge in [0.25, 0.3) is 5.91 Å². The maximum atomic E-state index is 14.1. The molecule has 2 N–H and O–H groups in total. The summed E-state index contributed by atoms with van der Waals surface area (Å²) >= 11 is 0. The van der Waals surface area contributed by atoms with Crippen LogP contribution in [0.2, 0.25) is 0 Å². The van der Waals surface area contributed by atoms with E-state index in [0.717, 1.165) is 10.9 Å². The number of halogens is 1. The largest absolute Gasteiger partial charge is 0.490 e. The number of benzene rings is 2. The van der Waals surface area contributed by atoms with Gasteiger partial charge in [-0.2, -0.15) is 5.10 Å². The second-order valence-electron chi connectivity index (χ2n) is 7.41. The Hall–Kier alpha value is -2.93. The molecule has 0 radical (unpaired) electrons. The summed E-state index contributed by atoms with van der Waals surface area (Å²) < 4.78 is 22.1. The van der Waals surface area contributed by atoms with Gasteiger partial charge in [-0.15, -0.1) is 0 Å². The Balaban J connectivity index is 1.64. The van der Waals surface area contributed by atoms with E-state index in [1.807, 2.05) is 25.2 Å². The zero-order chi connectivity index (χ0) is 19.9. The Kier molecular flexibility index (Phi) is 4.55. The number of hydrogen-bond donors (Lipinski definition) is 2. The van der Waals surface area contributed by atoms with Crippen LogP contribution in [0, 0.1) is 12.7 Å². The van der Waals surface area contributed by atoms with E-state index in [1.165, 1.54) is 6.07 Å². The molecule has 2 atom stereocenters. The predicted octanol–water partition coefficient (Wildman–Crippen LogP) is 3.40. The highest BCUT2D eigenvalue weighted by atomic mass is 19.1. The van der Waals surface area contributed by atoms with Crippen molar-refractivity contribution in [2.75, 3.05) is 0 Å². The van der Waals surface area contributed by atoms with Crippen LogP contribution in [-0.4, -0.2) is 27.0 Å². The molecule has 2 aromatic carbocycles. The fourth-order valence-corrected chi connectivity index (χ4v) is 4.30.